The minimum atomic E-state index is -0.506. The topological polar surface area (TPSA) is 73.1 Å². The lowest BCUT2D eigenvalue weighted by Crippen LogP contribution is -2.36. The molecule has 1 aliphatic heterocycles. The van der Waals surface area contributed by atoms with E-state index in [1.165, 1.54) is 12.1 Å². The number of carbonyl (C=O) groups is 1. The fourth-order valence-corrected chi connectivity index (χ4v) is 3.64. The Kier molecular flexibility index (Phi) is 6.19. The quantitative estimate of drug-likeness (QED) is 0.814. The third-order valence-electron chi connectivity index (χ3n) is 5.13. The number of amides is 1. The van der Waals surface area contributed by atoms with Gasteiger partial charge in [-0.2, -0.15) is 10.4 Å². The standard InChI is InChI=1S/C21H24FN5O/c1-3-15-17(14-23)20(25-24-19(15)4-2)26-10-7-11-27(13-12-26)21(28)16-8-5-6-9-18(16)22/h5-6,8-9H,3-4,7,10-13H2,1-2H3. The number of hydrogen-bond donors (Lipinski definition) is 0. The fourth-order valence-electron chi connectivity index (χ4n) is 3.64. The third kappa shape index (κ3) is 3.81. The third-order valence-corrected chi connectivity index (χ3v) is 5.13. The van der Waals surface area contributed by atoms with Crippen molar-refractivity contribution in [2.75, 3.05) is 31.1 Å². The maximum Gasteiger partial charge on any atom is 0.256 e. The van der Waals surface area contributed by atoms with Gasteiger partial charge in [0.2, 0.25) is 0 Å². The molecule has 1 aromatic carbocycles. The van der Waals surface area contributed by atoms with Crippen LogP contribution in [0.4, 0.5) is 10.2 Å². The van der Waals surface area contributed by atoms with Crippen LogP contribution in [0.3, 0.4) is 0 Å². The first kappa shape index (κ1) is 19.7. The Morgan fingerprint density at radius 3 is 2.61 bits per heavy atom. The Bertz CT molecular complexity index is 908. The number of nitriles is 1. The van der Waals surface area contributed by atoms with E-state index in [0.29, 0.717) is 44.0 Å². The molecule has 0 spiro atoms. The number of aryl methyl sites for hydroxylation is 1. The fraction of sp³-hybridized carbons (Fsp3) is 0.429. The molecule has 0 radical (unpaired) electrons. The SMILES string of the molecule is CCc1nnc(N2CCCN(C(=O)c3ccccc3F)CC2)c(C#N)c1CC. The summed E-state index contributed by atoms with van der Waals surface area (Å²) >= 11 is 0. The molecular weight excluding hydrogens is 357 g/mol. The summed E-state index contributed by atoms with van der Waals surface area (Å²) in [7, 11) is 0. The van der Waals surface area contributed by atoms with Crippen molar-refractivity contribution in [1.29, 1.82) is 5.26 Å². The Labute approximate surface area is 164 Å². The molecule has 28 heavy (non-hydrogen) atoms. The summed E-state index contributed by atoms with van der Waals surface area (Å²) in [4.78, 5) is 16.4. The molecule has 0 unspecified atom stereocenters. The lowest BCUT2D eigenvalue weighted by molar-refractivity contribution is 0.0762. The molecule has 2 aromatic rings. The van der Waals surface area contributed by atoms with E-state index in [4.69, 9.17) is 0 Å². The van der Waals surface area contributed by atoms with Crippen LogP contribution < -0.4 is 4.90 Å². The zero-order chi connectivity index (χ0) is 20.1. The van der Waals surface area contributed by atoms with Crippen LogP contribution in [-0.4, -0.2) is 47.2 Å². The van der Waals surface area contributed by atoms with Crippen LogP contribution in [0.2, 0.25) is 0 Å². The number of benzene rings is 1. The van der Waals surface area contributed by atoms with Gasteiger partial charge in [0.15, 0.2) is 5.82 Å². The van der Waals surface area contributed by atoms with Crippen molar-refractivity contribution in [3.8, 4) is 6.07 Å². The molecule has 1 amide bonds. The van der Waals surface area contributed by atoms with Gasteiger partial charge in [0, 0.05) is 26.2 Å². The van der Waals surface area contributed by atoms with Crippen molar-refractivity contribution in [3.63, 3.8) is 0 Å². The van der Waals surface area contributed by atoms with Gasteiger partial charge in [0.25, 0.3) is 5.91 Å². The minimum absolute atomic E-state index is 0.0917. The molecule has 7 heteroatoms. The van der Waals surface area contributed by atoms with Crippen molar-refractivity contribution in [3.05, 3.63) is 52.5 Å². The van der Waals surface area contributed by atoms with E-state index in [1.807, 2.05) is 18.7 Å². The minimum Gasteiger partial charge on any atom is -0.352 e. The van der Waals surface area contributed by atoms with Gasteiger partial charge in [-0.05, 0) is 37.0 Å². The first-order chi connectivity index (χ1) is 13.6. The number of anilines is 1. The summed E-state index contributed by atoms with van der Waals surface area (Å²) in [5.74, 6) is -0.229. The summed E-state index contributed by atoms with van der Waals surface area (Å²) in [6, 6.07) is 8.35. The average Bonchev–Trinajstić information content (AvgIpc) is 2.98. The average molecular weight is 381 g/mol. The highest BCUT2D eigenvalue weighted by atomic mass is 19.1. The second-order valence-electron chi connectivity index (χ2n) is 6.76. The number of aromatic nitrogens is 2. The molecule has 0 aliphatic carbocycles. The highest BCUT2D eigenvalue weighted by Crippen LogP contribution is 2.24. The normalized spacial score (nSPS) is 14.5. The Morgan fingerprint density at radius 1 is 1.14 bits per heavy atom. The van der Waals surface area contributed by atoms with Crippen molar-refractivity contribution in [2.45, 2.75) is 33.1 Å². The lowest BCUT2D eigenvalue weighted by atomic mass is 10.0. The largest absolute Gasteiger partial charge is 0.352 e. The van der Waals surface area contributed by atoms with Crippen molar-refractivity contribution >= 4 is 11.7 Å². The number of nitrogens with zero attached hydrogens (tertiary/aromatic N) is 5. The second kappa shape index (κ2) is 8.79. The van der Waals surface area contributed by atoms with Gasteiger partial charge in [-0.25, -0.2) is 4.39 Å². The van der Waals surface area contributed by atoms with Crippen LogP contribution >= 0.6 is 0 Å². The Balaban J connectivity index is 1.82. The van der Waals surface area contributed by atoms with E-state index in [0.717, 1.165) is 24.1 Å². The van der Waals surface area contributed by atoms with E-state index in [9.17, 15) is 14.4 Å². The Hall–Kier alpha value is -3.01. The zero-order valence-electron chi connectivity index (χ0n) is 16.3. The van der Waals surface area contributed by atoms with Gasteiger partial charge in [0.1, 0.15) is 17.4 Å². The van der Waals surface area contributed by atoms with Crippen LogP contribution in [0.15, 0.2) is 24.3 Å². The molecular formula is C21H24FN5O. The van der Waals surface area contributed by atoms with Gasteiger partial charge in [0.05, 0.1) is 11.3 Å². The highest BCUT2D eigenvalue weighted by molar-refractivity contribution is 5.94. The van der Waals surface area contributed by atoms with Crippen LogP contribution in [0, 0.1) is 17.1 Å². The smallest absolute Gasteiger partial charge is 0.256 e. The number of halogens is 1. The van der Waals surface area contributed by atoms with E-state index in [2.05, 4.69) is 16.3 Å². The number of carbonyl (C=O) groups excluding carboxylic acids is 1. The van der Waals surface area contributed by atoms with E-state index < -0.39 is 5.82 Å². The summed E-state index contributed by atoms with van der Waals surface area (Å²) < 4.78 is 14.0. The van der Waals surface area contributed by atoms with Gasteiger partial charge in [-0.1, -0.05) is 26.0 Å². The van der Waals surface area contributed by atoms with Crippen molar-refractivity contribution < 1.29 is 9.18 Å². The second-order valence-corrected chi connectivity index (χ2v) is 6.76. The van der Waals surface area contributed by atoms with Gasteiger partial charge in [-0.3, -0.25) is 4.79 Å². The lowest BCUT2D eigenvalue weighted by Gasteiger charge is -2.24. The number of rotatable bonds is 4. The van der Waals surface area contributed by atoms with E-state index in [1.54, 1.807) is 17.0 Å². The molecule has 146 valence electrons. The maximum absolute atomic E-state index is 14.0. The van der Waals surface area contributed by atoms with Gasteiger partial charge >= 0.3 is 0 Å². The maximum atomic E-state index is 14.0. The van der Waals surface area contributed by atoms with Crippen LogP contribution in [0.5, 0.6) is 0 Å². The molecule has 1 aromatic heterocycles. The highest BCUT2D eigenvalue weighted by Gasteiger charge is 2.25. The summed E-state index contributed by atoms with van der Waals surface area (Å²) in [5, 5.41) is 18.4. The first-order valence-electron chi connectivity index (χ1n) is 9.67. The summed E-state index contributed by atoms with van der Waals surface area (Å²) in [6.07, 6.45) is 2.17. The molecule has 0 bridgehead atoms. The molecule has 1 aliphatic rings. The van der Waals surface area contributed by atoms with Gasteiger partial charge < -0.3 is 9.80 Å². The van der Waals surface area contributed by atoms with Crippen LogP contribution in [0.25, 0.3) is 0 Å². The van der Waals surface area contributed by atoms with Gasteiger partial charge in [-0.15, -0.1) is 5.10 Å². The predicted octanol–water partition coefficient (Wildman–Crippen LogP) is 2.96. The predicted molar refractivity (Wildman–Crippen MR) is 105 cm³/mol. The van der Waals surface area contributed by atoms with Crippen molar-refractivity contribution in [1.82, 2.24) is 15.1 Å². The molecule has 0 atom stereocenters. The molecule has 6 nitrogen and oxygen atoms in total. The number of hydrogen-bond acceptors (Lipinski definition) is 5. The van der Waals surface area contributed by atoms with Crippen LogP contribution in [0.1, 0.15) is 47.4 Å². The monoisotopic (exact) mass is 381 g/mol. The first-order valence-corrected chi connectivity index (χ1v) is 9.67. The molecule has 1 saturated heterocycles. The zero-order valence-corrected chi connectivity index (χ0v) is 16.3. The summed E-state index contributed by atoms with van der Waals surface area (Å²) in [6.45, 7) is 6.18. The molecule has 0 N–H and O–H groups in total. The molecule has 2 heterocycles. The van der Waals surface area contributed by atoms with Crippen LogP contribution in [-0.2, 0) is 12.8 Å². The molecule has 1 fully saturated rings. The Morgan fingerprint density at radius 2 is 1.93 bits per heavy atom. The van der Waals surface area contributed by atoms with E-state index in [-0.39, 0.29) is 11.5 Å². The molecule has 3 rings (SSSR count). The molecule has 0 saturated carbocycles. The summed E-state index contributed by atoms with van der Waals surface area (Å²) in [5.41, 5.74) is 2.46. The van der Waals surface area contributed by atoms with Crippen molar-refractivity contribution in [2.24, 2.45) is 0 Å². The van der Waals surface area contributed by atoms with E-state index >= 15 is 0 Å².